The number of hydrogen-bond acceptors (Lipinski definition) is 6. The number of nitrogens with zero attached hydrogens (tertiary/aromatic N) is 3. The Labute approximate surface area is 145 Å². The maximum absolute atomic E-state index is 12.4. The van der Waals surface area contributed by atoms with Gasteiger partial charge in [-0.15, -0.1) is 0 Å². The summed E-state index contributed by atoms with van der Waals surface area (Å²) in [5.41, 5.74) is 8.85. The Morgan fingerprint density at radius 3 is 2.79 bits per heavy atom. The molecule has 0 aliphatic carbocycles. The highest BCUT2D eigenvalue weighted by Gasteiger charge is 2.15. The highest BCUT2D eigenvalue weighted by Crippen LogP contribution is 2.20. The topological polar surface area (TPSA) is 84.1 Å². The molecule has 1 aliphatic heterocycles. The van der Waals surface area contributed by atoms with Gasteiger partial charge in [0.05, 0.1) is 0 Å². The van der Waals surface area contributed by atoms with Gasteiger partial charge in [0.1, 0.15) is 0 Å². The van der Waals surface area contributed by atoms with Gasteiger partial charge in [0.2, 0.25) is 0 Å². The van der Waals surface area contributed by atoms with E-state index in [1.165, 1.54) is 29.5 Å². The van der Waals surface area contributed by atoms with Crippen LogP contribution in [-0.4, -0.2) is 45.4 Å². The summed E-state index contributed by atoms with van der Waals surface area (Å²) in [6.07, 6.45) is 2.93. The molecule has 2 heterocycles. The first-order valence-corrected chi connectivity index (χ1v) is 9.06. The van der Waals surface area contributed by atoms with Crippen LogP contribution in [0.5, 0.6) is 0 Å². The van der Waals surface area contributed by atoms with Crippen LogP contribution in [0.2, 0.25) is 0 Å². The number of nitrogens with one attached hydrogen (secondary N) is 1. The van der Waals surface area contributed by atoms with Crippen LogP contribution in [0.3, 0.4) is 0 Å². The molecular formula is C17H21N5OS. The lowest BCUT2D eigenvalue weighted by molar-refractivity contribution is 0.102. The summed E-state index contributed by atoms with van der Waals surface area (Å²) in [7, 11) is 0. The van der Waals surface area contributed by atoms with Crippen molar-refractivity contribution in [2.24, 2.45) is 0 Å². The van der Waals surface area contributed by atoms with Gasteiger partial charge in [0.25, 0.3) is 5.91 Å². The highest BCUT2D eigenvalue weighted by atomic mass is 32.2. The van der Waals surface area contributed by atoms with Crippen molar-refractivity contribution >= 4 is 29.2 Å². The number of anilines is 2. The summed E-state index contributed by atoms with van der Waals surface area (Å²) in [5.74, 6) is 2.16. The second kappa shape index (κ2) is 7.63. The Morgan fingerprint density at radius 2 is 2.04 bits per heavy atom. The Kier molecular flexibility index (Phi) is 5.32. The fraction of sp³-hybridized carbons (Fsp3) is 0.353. The Morgan fingerprint density at radius 1 is 1.29 bits per heavy atom. The molecule has 0 unspecified atom stereocenters. The zero-order valence-electron chi connectivity index (χ0n) is 13.7. The molecule has 7 heteroatoms. The number of nitrogens with two attached hydrogens (primary N) is 1. The van der Waals surface area contributed by atoms with Crippen molar-refractivity contribution in [3.63, 3.8) is 0 Å². The van der Waals surface area contributed by atoms with Crippen LogP contribution in [0, 0.1) is 6.92 Å². The molecule has 24 heavy (non-hydrogen) atoms. The lowest BCUT2D eigenvalue weighted by atomic mass is 10.1. The predicted molar refractivity (Wildman–Crippen MR) is 98.2 cm³/mol. The second-order valence-corrected chi connectivity index (χ2v) is 7.01. The predicted octanol–water partition coefficient (Wildman–Crippen LogP) is 2.17. The third-order valence-electron chi connectivity index (χ3n) is 4.00. The van der Waals surface area contributed by atoms with Gasteiger partial charge in [-0.25, -0.2) is 9.97 Å². The summed E-state index contributed by atoms with van der Waals surface area (Å²) in [6, 6.07) is 6.18. The van der Waals surface area contributed by atoms with E-state index in [4.69, 9.17) is 5.73 Å². The zero-order valence-corrected chi connectivity index (χ0v) is 14.5. The normalized spacial score (nSPS) is 15.2. The van der Waals surface area contributed by atoms with E-state index in [9.17, 15) is 4.79 Å². The zero-order chi connectivity index (χ0) is 16.9. The number of hydrogen-bond donors (Lipinski definition) is 2. The summed E-state index contributed by atoms with van der Waals surface area (Å²) in [4.78, 5) is 22.7. The van der Waals surface area contributed by atoms with Crippen molar-refractivity contribution < 1.29 is 4.79 Å². The molecule has 1 amide bonds. The minimum absolute atomic E-state index is 0.134. The van der Waals surface area contributed by atoms with Crippen LogP contribution in [0.15, 0.2) is 30.6 Å². The number of aryl methyl sites for hydroxylation is 1. The first kappa shape index (κ1) is 16.7. The van der Waals surface area contributed by atoms with Gasteiger partial charge in [0, 0.05) is 49.2 Å². The van der Waals surface area contributed by atoms with E-state index in [0.29, 0.717) is 0 Å². The number of aromatic nitrogens is 2. The number of thioether (sulfide) groups is 1. The summed E-state index contributed by atoms with van der Waals surface area (Å²) >= 11 is 2.00. The van der Waals surface area contributed by atoms with Gasteiger partial charge in [-0.3, -0.25) is 9.69 Å². The number of benzene rings is 1. The standard InChI is InChI=1S/C17H21N5OS/c1-12-2-3-13(11-22-6-8-24-9-7-22)10-14(12)21-17(23)15-16(18)20-5-4-19-15/h2-5,10H,6-9,11H2,1H3,(H2,18,20)(H,21,23). The van der Waals surface area contributed by atoms with Gasteiger partial charge in [-0.1, -0.05) is 12.1 Å². The fourth-order valence-electron chi connectivity index (χ4n) is 2.62. The van der Waals surface area contributed by atoms with Gasteiger partial charge in [-0.05, 0) is 24.1 Å². The van der Waals surface area contributed by atoms with Crippen LogP contribution in [0.25, 0.3) is 0 Å². The fourth-order valence-corrected chi connectivity index (χ4v) is 3.60. The maximum Gasteiger partial charge on any atom is 0.278 e. The Bertz CT molecular complexity index is 731. The molecule has 126 valence electrons. The molecule has 0 radical (unpaired) electrons. The average Bonchev–Trinajstić information content (AvgIpc) is 2.59. The van der Waals surface area contributed by atoms with Crippen molar-refractivity contribution in [3.8, 4) is 0 Å². The summed E-state index contributed by atoms with van der Waals surface area (Å²) in [5, 5.41) is 2.90. The molecule has 1 aromatic heterocycles. The lowest BCUT2D eigenvalue weighted by Crippen LogP contribution is -2.32. The van der Waals surface area contributed by atoms with E-state index >= 15 is 0 Å². The third-order valence-corrected chi connectivity index (χ3v) is 4.94. The number of rotatable bonds is 4. The molecule has 3 N–H and O–H groups in total. The van der Waals surface area contributed by atoms with E-state index in [-0.39, 0.29) is 17.4 Å². The van der Waals surface area contributed by atoms with Gasteiger partial charge < -0.3 is 11.1 Å². The number of carbonyl (C=O) groups is 1. The second-order valence-electron chi connectivity index (χ2n) is 5.78. The molecule has 0 bridgehead atoms. The molecular weight excluding hydrogens is 322 g/mol. The quantitative estimate of drug-likeness (QED) is 0.885. The third kappa shape index (κ3) is 4.04. The Balaban J connectivity index is 1.74. The first-order chi connectivity index (χ1) is 11.6. The van der Waals surface area contributed by atoms with Crippen molar-refractivity contribution in [2.45, 2.75) is 13.5 Å². The molecule has 1 fully saturated rings. The van der Waals surface area contributed by atoms with Gasteiger partial charge >= 0.3 is 0 Å². The monoisotopic (exact) mass is 343 g/mol. The molecule has 6 nitrogen and oxygen atoms in total. The van der Waals surface area contributed by atoms with Crippen molar-refractivity contribution in [1.29, 1.82) is 0 Å². The molecule has 1 aliphatic rings. The minimum atomic E-state index is -0.338. The van der Waals surface area contributed by atoms with Crippen LogP contribution in [-0.2, 0) is 6.54 Å². The summed E-state index contributed by atoms with van der Waals surface area (Å²) in [6.45, 7) is 5.08. The van der Waals surface area contributed by atoms with E-state index in [2.05, 4.69) is 26.3 Å². The minimum Gasteiger partial charge on any atom is -0.382 e. The van der Waals surface area contributed by atoms with Crippen molar-refractivity contribution in [3.05, 3.63) is 47.4 Å². The van der Waals surface area contributed by atoms with E-state index in [1.54, 1.807) is 0 Å². The molecule has 0 spiro atoms. The number of carbonyl (C=O) groups excluding carboxylic acids is 1. The molecule has 1 aromatic carbocycles. The van der Waals surface area contributed by atoms with Gasteiger partial charge in [0.15, 0.2) is 11.5 Å². The Hall–Kier alpha value is -2.12. The highest BCUT2D eigenvalue weighted by molar-refractivity contribution is 7.99. The molecule has 0 atom stereocenters. The van der Waals surface area contributed by atoms with Gasteiger partial charge in [-0.2, -0.15) is 11.8 Å². The molecule has 2 aromatic rings. The summed E-state index contributed by atoms with van der Waals surface area (Å²) < 4.78 is 0. The number of nitrogen functional groups attached to an aromatic ring is 1. The molecule has 3 rings (SSSR count). The van der Waals surface area contributed by atoms with Crippen LogP contribution < -0.4 is 11.1 Å². The molecule has 0 saturated carbocycles. The van der Waals surface area contributed by atoms with E-state index in [1.807, 2.05) is 30.8 Å². The van der Waals surface area contributed by atoms with Crippen molar-refractivity contribution in [1.82, 2.24) is 14.9 Å². The van der Waals surface area contributed by atoms with E-state index in [0.717, 1.165) is 30.9 Å². The lowest BCUT2D eigenvalue weighted by Gasteiger charge is -2.26. The maximum atomic E-state index is 12.4. The van der Waals surface area contributed by atoms with Crippen LogP contribution >= 0.6 is 11.8 Å². The average molecular weight is 343 g/mol. The first-order valence-electron chi connectivity index (χ1n) is 7.91. The molecule has 1 saturated heterocycles. The number of amides is 1. The largest absolute Gasteiger partial charge is 0.382 e. The van der Waals surface area contributed by atoms with Crippen molar-refractivity contribution in [2.75, 3.05) is 35.6 Å². The van der Waals surface area contributed by atoms with E-state index < -0.39 is 0 Å². The van der Waals surface area contributed by atoms with Crippen LogP contribution in [0.1, 0.15) is 21.6 Å². The SMILES string of the molecule is Cc1ccc(CN2CCSCC2)cc1NC(=O)c1nccnc1N. The van der Waals surface area contributed by atoms with Crippen LogP contribution in [0.4, 0.5) is 11.5 Å². The smallest absolute Gasteiger partial charge is 0.278 e.